The van der Waals surface area contributed by atoms with Gasteiger partial charge in [0.05, 0.1) is 19.8 Å². The van der Waals surface area contributed by atoms with Crippen molar-refractivity contribution in [3.8, 4) is 0 Å². The molecule has 0 amide bonds. The number of halogens is 1. The Morgan fingerprint density at radius 2 is 1.53 bits per heavy atom. The van der Waals surface area contributed by atoms with Gasteiger partial charge in [-0.25, -0.2) is 0 Å². The number of morpholine rings is 1. The van der Waals surface area contributed by atoms with E-state index in [1.165, 1.54) is 58.2 Å². The molecular weight excluding hydrogens is 210 g/mol. The van der Waals surface area contributed by atoms with Crippen molar-refractivity contribution in [2.24, 2.45) is 0 Å². The third-order valence-corrected chi connectivity index (χ3v) is 3.08. The predicted octanol–water partition coefficient (Wildman–Crippen LogP) is -1.73. The fourth-order valence-electron chi connectivity index (χ4n) is 2.07. The Hall–Kier alpha value is 0.210. The highest BCUT2D eigenvalue weighted by atomic mass is 35.5. The summed E-state index contributed by atoms with van der Waals surface area (Å²) in [6.07, 6.45) is 8.51. The lowest BCUT2D eigenvalue weighted by Crippen LogP contribution is -3.14. The van der Waals surface area contributed by atoms with E-state index in [9.17, 15) is 0 Å². The Bertz CT molecular complexity index is 127. The molecule has 2 nitrogen and oxygen atoms in total. The minimum Gasteiger partial charge on any atom is -1.00 e. The van der Waals surface area contributed by atoms with Crippen molar-refractivity contribution < 1.29 is 22.0 Å². The van der Waals surface area contributed by atoms with Gasteiger partial charge in [0.15, 0.2) is 0 Å². The number of nitrogens with one attached hydrogen (secondary N) is 1. The number of hydrogen-bond donors (Lipinski definition) is 1. The molecule has 0 saturated carbocycles. The zero-order valence-corrected chi connectivity index (χ0v) is 10.8. The zero-order valence-electron chi connectivity index (χ0n) is 10.1. The maximum atomic E-state index is 5.34. The van der Waals surface area contributed by atoms with E-state index in [0.717, 1.165) is 13.2 Å². The van der Waals surface area contributed by atoms with Crippen LogP contribution in [0.15, 0.2) is 0 Å². The second-order valence-corrected chi connectivity index (χ2v) is 4.38. The zero-order chi connectivity index (χ0) is 10.1. The summed E-state index contributed by atoms with van der Waals surface area (Å²) in [6.45, 7) is 8.06. The van der Waals surface area contributed by atoms with Gasteiger partial charge in [-0.05, 0) is 12.8 Å². The average molecular weight is 236 g/mol. The first-order chi connectivity index (χ1) is 6.93. The first-order valence-corrected chi connectivity index (χ1v) is 6.35. The van der Waals surface area contributed by atoms with Gasteiger partial charge in [0.25, 0.3) is 0 Å². The molecule has 1 N–H and O–H groups in total. The summed E-state index contributed by atoms with van der Waals surface area (Å²) in [7, 11) is 0. The third-order valence-electron chi connectivity index (χ3n) is 3.08. The van der Waals surface area contributed by atoms with Gasteiger partial charge < -0.3 is 22.0 Å². The Morgan fingerprint density at radius 1 is 0.933 bits per heavy atom. The molecule has 0 atom stereocenters. The standard InChI is InChI=1S/C12H25NO.ClH/c1-2-3-4-5-6-7-8-13-9-11-14-12-10-13;/h2-12H2,1H3;1H. The fraction of sp³-hybridized carbons (Fsp3) is 1.00. The molecule has 0 aliphatic carbocycles. The Morgan fingerprint density at radius 3 is 2.20 bits per heavy atom. The predicted molar refractivity (Wildman–Crippen MR) is 59.8 cm³/mol. The Labute approximate surface area is 101 Å². The van der Waals surface area contributed by atoms with Gasteiger partial charge in [0, 0.05) is 0 Å². The molecule has 1 aliphatic heterocycles. The lowest BCUT2D eigenvalue weighted by Gasteiger charge is -2.23. The van der Waals surface area contributed by atoms with Crippen molar-refractivity contribution in [1.29, 1.82) is 0 Å². The van der Waals surface area contributed by atoms with Crippen LogP contribution in [0.1, 0.15) is 45.4 Å². The molecule has 0 bridgehead atoms. The minimum absolute atomic E-state index is 0. The molecule has 92 valence electrons. The molecule has 0 aromatic carbocycles. The normalized spacial score (nSPS) is 17.4. The fourth-order valence-corrected chi connectivity index (χ4v) is 2.07. The molecule has 15 heavy (non-hydrogen) atoms. The summed E-state index contributed by atoms with van der Waals surface area (Å²) in [6, 6.07) is 0. The van der Waals surface area contributed by atoms with Crippen LogP contribution in [-0.4, -0.2) is 32.8 Å². The van der Waals surface area contributed by atoms with Gasteiger partial charge in [0.2, 0.25) is 0 Å². The Balaban J connectivity index is 0.00000196. The van der Waals surface area contributed by atoms with E-state index in [1.807, 2.05) is 0 Å². The van der Waals surface area contributed by atoms with E-state index in [1.54, 1.807) is 4.90 Å². The first kappa shape index (κ1) is 15.2. The van der Waals surface area contributed by atoms with E-state index in [0.29, 0.717) is 0 Å². The molecular formula is C12H26ClNO. The van der Waals surface area contributed by atoms with Crippen molar-refractivity contribution in [1.82, 2.24) is 0 Å². The minimum atomic E-state index is 0. The molecule has 3 heteroatoms. The van der Waals surface area contributed by atoms with Gasteiger partial charge in [-0.3, -0.25) is 0 Å². The van der Waals surface area contributed by atoms with Gasteiger partial charge >= 0.3 is 0 Å². The van der Waals surface area contributed by atoms with Crippen LogP contribution in [0.4, 0.5) is 0 Å². The number of unbranched alkanes of at least 4 members (excludes halogenated alkanes) is 5. The smallest absolute Gasteiger partial charge is 0.101 e. The first-order valence-electron chi connectivity index (χ1n) is 6.35. The summed E-state index contributed by atoms with van der Waals surface area (Å²) in [4.78, 5) is 1.76. The molecule has 0 aromatic heterocycles. The van der Waals surface area contributed by atoms with E-state index in [4.69, 9.17) is 4.74 Å². The number of rotatable bonds is 7. The average Bonchev–Trinajstić information content (AvgIpc) is 2.25. The molecule has 1 rings (SSSR count). The van der Waals surface area contributed by atoms with E-state index in [2.05, 4.69) is 6.92 Å². The van der Waals surface area contributed by atoms with Crippen LogP contribution < -0.4 is 17.3 Å². The van der Waals surface area contributed by atoms with Crippen molar-refractivity contribution in [3.05, 3.63) is 0 Å². The van der Waals surface area contributed by atoms with Crippen LogP contribution in [0.3, 0.4) is 0 Å². The van der Waals surface area contributed by atoms with E-state index < -0.39 is 0 Å². The monoisotopic (exact) mass is 235 g/mol. The van der Waals surface area contributed by atoms with Crippen LogP contribution in [0.5, 0.6) is 0 Å². The van der Waals surface area contributed by atoms with Crippen molar-refractivity contribution in [3.63, 3.8) is 0 Å². The van der Waals surface area contributed by atoms with Crippen molar-refractivity contribution in [2.45, 2.75) is 45.4 Å². The van der Waals surface area contributed by atoms with Gasteiger partial charge in [-0.1, -0.05) is 32.6 Å². The second kappa shape index (κ2) is 10.7. The van der Waals surface area contributed by atoms with Crippen LogP contribution in [0.25, 0.3) is 0 Å². The quantitative estimate of drug-likeness (QED) is 0.518. The van der Waals surface area contributed by atoms with Crippen LogP contribution in [0, 0.1) is 0 Å². The van der Waals surface area contributed by atoms with Crippen LogP contribution >= 0.6 is 0 Å². The van der Waals surface area contributed by atoms with E-state index in [-0.39, 0.29) is 12.4 Å². The highest BCUT2D eigenvalue weighted by Gasteiger charge is 2.12. The SMILES string of the molecule is CCCCCCCC[NH+]1CCOCC1.[Cl-]. The molecule has 0 aromatic rings. The number of ether oxygens (including phenoxy) is 1. The van der Waals surface area contributed by atoms with Gasteiger partial charge in [0.1, 0.15) is 13.1 Å². The maximum absolute atomic E-state index is 5.34. The van der Waals surface area contributed by atoms with Gasteiger partial charge in [-0.2, -0.15) is 0 Å². The molecule has 1 aliphatic rings. The molecule has 0 radical (unpaired) electrons. The Kier molecular flexibility index (Phi) is 10.9. The van der Waals surface area contributed by atoms with Crippen molar-refractivity contribution >= 4 is 0 Å². The lowest BCUT2D eigenvalue weighted by molar-refractivity contribution is -0.908. The summed E-state index contributed by atoms with van der Waals surface area (Å²) < 4.78 is 5.34. The highest BCUT2D eigenvalue weighted by molar-refractivity contribution is 4.44. The number of quaternary nitrogens is 1. The molecule has 0 spiro atoms. The van der Waals surface area contributed by atoms with Gasteiger partial charge in [-0.15, -0.1) is 0 Å². The summed E-state index contributed by atoms with van der Waals surface area (Å²) in [5.41, 5.74) is 0. The molecule has 1 heterocycles. The lowest BCUT2D eigenvalue weighted by atomic mass is 10.1. The van der Waals surface area contributed by atoms with Crippen LogP contribution in [-0.2, 0) is 4.74 Å². The summed E-state index contributed by atoms with van der Waals surface area (Å²) in [5, 5.41) is 0. The second-order valence-electron chi connectivity index (χ2n) is 4.38. The molecule has 0 unspecified atom stereocenters. The number of hydrogen-bond acceptors (Lipinski definition) is 1. The summed E-state index contributed by atoms with van der Waals surface area (Å²) >= 11 is 0. The molecule has 1 fully saturated rings. The third kappa shape index (κ3) is 8.06. The van der Waals surface area contributed by atoms with E-state index >= 15 is 0 Å². The largest absolute Gasteiger partial charge is 1.00 e. The van der Waals surface area contributed by atoms with Crippen molar-refractivity contribution in [2.75, 3.05) is 32.8 Å². The topological polar surface area (TPSA) is 13.7 Å². The molecule has 1 saturated heterocycles. The highest BCUT2D eigenvalue weighted by Crippen LogP contribution is 2.03. The summed E-state index contributed by atoms with van der Waals surface area (Å²) in [5.74, 6) is 0. The maximum Gasteiger partial charge on any atom is 0.101 e. The van der Waals surface area contributed by atoms with Crippen LogP contribution in [0.2, 0.25) is 0 Å².